The fraction of sp³-hybridized carbons (Fsp3) is 0.238. The maximum Gasteiger partial charge on any atom is 0.267 e. The van der Waals surface area contributed by atoms with E-state index in [1.807, 2.05) is 46.9 Å². The zero-order valence-corrected chi connectivity index (χ0v) is 17.3. The van der Waals surface area contributed by atoms with Gasteiger partial charge in [-0.15, -0.1) is 10.2 Å². The van der Waals surface area contributed by atoms with Crippen LogP contribution in [0.3, 0.4) is 0 Å². The molecule has 0 radical (unpaired) electrons. The van der Waals surface area contributed by atoms with E-state index in [2.05, 4.69) is 17.1 Å². The van der Waals surface area contributed by atoms with Gasteiger partial charge < -0.3 is 4.90 Å². The molecule has 0 saturated carbocycles. The molecule has 0 bridgehead atoms. The summed E-state index contributed by atoms with van der Waals surface area (Å²) in [5, 5.41) is 9.73. The molecule has 2 aromatic heterocycles. The molecule has 0 aliphatic carbocycles. The number of hydrogen-bond acceptors (Lipinski definition) is 5. The van der Waals surface area contributed by atoms with Crippen molar-refractivity contribution < 1.29 is 4.79 Å². The molecule has 8 heteroatoms. The van der Waals surface area contributed by atoms with Crippen molar-refractivity contribution in [1.29, 1.82) is 0 Å². The third-order valence-corrected chi connectivity index (χ3v) is 5.73. The topological polar surface area (TPSA) is 72.5 Å². The van der Waals surface area contributed by atoms with Crippen molar-refractivity contribution in [3.8, 4) is 5.69 Å². The van der Waals surface area contributed by atoms with Crippen LogP contribution in [0.5, 0.6) is 0 Å². The Bertz CT molecular complexity index is 1260. The Morgan fingerprint density at radius 2 is 1.79 bits per heavy atom. The van der Waals surface area contributed by atoms with Crippen molar-refractivity contribution in [2.24, 2.45) is 0 Å². The normalized spacial score (nSPS) is 11.3. The molecule has 0 saturated heterocycles. The molecule has 0 aliphatic rings. The van der Waals surface area contributed by atoms with E-state index in [4.69, 9.17) is 0 Å². The third-order valence-electron chi connectivity index (χ3n) is 4.82. The van der Waals surface area contributed by atoms with Crippen molar-refractivity contribution in [2.45, 2.75) is 18.5 Å². The number of thioether (sulfide) groups is 1. The standard InChI is InChI=1S/C21H21N5O2S/c1-4-14-9-11-15(12-10-14)25-19(28)16-7-5-6-8-17(16)26-20(25)22-23-21(26)29-13-18(27)24(2)3/h5-12H,4,13H2,1-3H3. The Morgan fingerprint density at radius 1 is 1.07 bits per heavy atom. The van der Waals surface area contributed by atoms with Gasteiger partial charge >= 0.3 is 0 Å². The van der Waals surface area contributed by atoms with Gasteiger partial charge in [0.2, 0.25) is 11.7 Å². The van der Waals surface area contributed by atoms with Crippen LogP contribution in [0, 0.1) is 0 Å². The molecule has 0 aliphatic heterocycles. The first-order valence-corrected chi connectivity index (χ1v) is 10.3. The Hall–Kier alpha value is -3.13. The predicted octanol–water partition coefficient (Wildman–Crippen LogP) is 2.78. The molecule has 0 unspecified atom stereocenters. The van der Waals surface area contributed by atoms with Crippen LogP contribution in [-0.4, -0.2) is 49.8 Å². The number of aromatic nitrogens is 4. The number of benzene rings is 2. The number of rotatable bonds is 5. The van der Waals surface area contributed by atoms with Gasteiger partial charge in [-0.05, 0) is 36.2 Å². The number of aryl methyl sites for hydroxylation is 1. The fourth-order valence-electron chi connectivity index (χ4n) is 3.14. The van der Waals surface area contributed by atoms with E-state index in [1.165, 1.54) is 17.3 Å². The van der Waals surface area contributed by atoms with E-state index < -0.39 is 0 Å². The highest BCUT2D eigenvalue weighted by molar-refractivity contribution is 7.99. The second-order valence-corrected chi connectivity index (χ2v) is 7.82. The van der Waals surface area contributed by atoms with Crippen LogP contribution in [-0.2, 0) is 11.2 Å². The first-order chi connectivity index (χ1) is 14.0. The first-order valence-electron chi connectivity index (χ1n) is 9.32. The minimum absolute atomic E-state index is 0.0143. The summed E-state index contributed by atoms with van der Waals surface area (Å²) in [4.78, 5) is 26.9. The molecular formula is C21H21N5O2S. The molecule has 0 fully saturated rings. The molecule has 148 valence electrons. The van der Waals surface area contributed by atoms with Crippen LogP contribution in [0.4, 0.5) is 0 Å². The van der Waals surface area contributed by atoms with Crippen molar-refractivity contribution in [3.63, 3.8) is 0 Å². The number of carbonyl (C=O) groups excluding carboxylic acids is 1. The molecule has 7 nitrogen and oxygen atoms in total. The lowest BCUT2D eigenvalue weighted by Gasteiger charge is -2.12. The van der Waals surface area contributed by atoms with E-state index in [9.17, 15) is 9.59 Å². The summed E-state index contributed by atoms with van der Waals surface area (Å²) >= 11 is 1.31. The molecule has 0 N–H and O–H groups in total. The quantitative estimate of drug-likeness (QED) is 0.476. The van der Waals surface area contributed by atoms with Crippen molar-refractivity contribution in [2.75, 3.05) is 19.8 Å². The third kappa shape index (κ3) is 3.40. The van der Waals surface area contributed by atoms with Crippen molar-refractivity contribution >= 4 is 34.3 Å². The van der Waals surface area contributed by atoms with Crippen LogP contribution in [0.25, 0.3) is 22.4 Å². The monoisotopic (exact) mass is 407 g/mol. The van der Waals surface area contributed by atoms with Crippen molar-refractivity contribution in [3.05, 3.63) is 64.4 Å². The van der Waals surface area contributed by atoms with E-state index >= 15 is 0 Å². The Balaban J connectivity index is 1.95. The SMILES string of the molecule is CCc1ccc(-n2c(=O)c3ccccc3n3c(SCC(=O)N(C)C)nnc23)cc1. The lowest BCUT2D eigenvalue weighted by molar-refractivity contribution is -0.125. The number of carbonyl (C=O) groups is 1. The molecule has 0 atom stereocenters. The number of para-hydroxylation sites is 1. The first kappa shape index (κ1) is 19.2. The van der Waals surface area contributed by atoms with Gasteiger partial charge in [-0.3, -0.25) is 14.0 Å². The molecule has 1 amide bonds. The van der Waals surface area contributed by atoms with E-state index in [0.717, 1.165) is 17.6 Å². The van der Waals surface area contributed by atoms with Gasteiger partial charge in [0.1, 0.15) is 0 Å². The van der Waals surface area contributed by atoms with Crippen LogP contribution in [0.15, 0.2) is 58.5 Å². The smallest absolute Gasteiger partial charge is 0.267 e. The summed E-state index contributed by atoms with van der Waals surface area (Å²) in [5.74, 6) is 0.657. The van der Waals surface area contributed by atoms with Gasteiger partial charge in [0, 0.05) is 14.1 Å². The van der Waals surface area contributed by atoms with Crippen LogP contribution in [0.2, 0.25) is 0 Å². The molecule has 29 heavy (non-hydrogen) atoms. The zero-order chi connectivity index (χ0) is 20.5. The lowest BCUT2D eigenvalue weighted by atomic mass is 10.1. The van der Waals surface area contributed by atoms with Gasteiger partial charge in [-0.1, -0.05) is 43.0 Å². The zero-order valence-electron chi connectivity index (χ0n) is 16.5. The summed E-state index contributed by atoms with van der Waals surface area (Å²) in [7, 11) is 3.44. The van der Waals surface area contributed by atoms with Gasteiger partial charge in [0.05, 0.1) is 22.3 Å². The van der Waals surface area contributed by atoms with E-state index in [-0.39, 0.29) is 17.2 Å². The Morgan fingerprint density at radius 3 is 2.48 bits per heavy atom. The summed E-state index contributed by atoms with van der Waals surface area (Å²) in [5.41, 5.74) is 2.50. The summed E-state index contributed by atoms with van der Waals surface area (Å²) in [6, 6.07) is 15.2. The molecule has 0 spiro atoms. The fourth-order valence-corrected chi connectivity index (χ4v) is 4.06. The molecular weight excluding hydrogens is 386 g/mol. The molecule has 2 heterocycles. The average Bonchev–Trinajstić information content (AvgIpc) is 3.16. The maximum absolute atomic E-state index is 13.3. The minimum Gasteiger partial charge on any atom is -0.348 e. The molecule has 2 aromatic carbocycles. The highest BCUT2D eigenvalue weighted by Gasteiger charge is 2.18. The van der Waals surface area contributed by atoms with E-state index in [0.29, 0.717) is 16.3 Å². The van der Waals surface area contributed by atoms with Crippen molar-refractivity contribution in [1.82, 2.24) is 24.1 Å². The number of fused-ring (bicyclic) bond motifs is 3. The average molecular weight is 407 g/mol. The molecule has 4 rings (SSSR count). The predicted molar refractivity (Wildman–Crippen MR) is 115 cm³/mol. The van der Waals surface area contributed by atoms with Crippen LogP contribution in [0.1, 0.15) is 12.5 Å². The summed E-state index contributed by atoms with van der Waals surface area (Å²) in [6.45, 7) is 2.09. The highest BCUT2D eigenvalue weighted by Crippen LogP contribution is 2.23. The number of nitrogens with zero attached hydrogens (tertiary/aromatic N) is 5. The number of amides is 1. The van der Waals surface area contributed by atoms with Crippen LogP contribution >= 0.6 is 11.8 Å². The number of hydrogen-bond donors (Lipinski definition) is 0. The van der Waals surface area contributed by atoms with Crippen LogP contribution < -0.4 is 5.56 Å². The van der Waals surface area contributed by atoms with Gasteiger partial charge in [0.25, 0.3) is 5.56 Å². The van der Waals surface area contributed by atoms with E-state index in [1.54, 1.807) is 29.6 Å². The Labute approximate surface area is 172 Å². The van der Waals surface area contributed by atoms with Gasteiger partial charge in [-0.25, -0.2) is 4.57 Å². The second kappa shape index (κ2) is 7.71. The maximum atomic E-state index is 13.3. The summed E-state index contributed by atoms with van der Waals surface area (Å²) in [6.07, 6.45) is 0.925. The van der Waals surface area contributed by atoms with Gasteiger partial charge in [-0.2, -0.15) is 0 Å². The lowest BCUT2D eigenvalue weighted by Crippen LogP contribution is -2.24. The Kier molecular flexibility index (Phi) is 5.10. The highest BCUT2D eigenvalue weighted by atomic mass is 32.2. The second-order valence-electron chi connectivity index (χ2n) is 6.87. The summed E-state index contributed by atoms with van der Waals surface area (Å²) < 4.78 is 3.42. The minimum atomic E-state index is -0.148. The van der Waals surface area contributed by atoms with Gasteiger partial charge in [0.15, 0.2) is 5.16 Å². The largest absolute Gasteiger partial charge is 0.348 e. The molecule has 4 aromatic rings.